The molecule has 0 bridgehead atoms. The Morgan fingerprint density at radius 2 is 1.73 bits per heavy atom. The van der Waals surface area contributed by atoms with Crippen molar-refractivity contribution in [3.63, 3.8) is 0 Å². The van der Waals surface area contributed by atoms with Crippen LogP contribution in [0.5, 0.6) is 11.5 Å². The van der Waals surface area contributed by atoms with Crippen molar-refractivity contribution in [2.75, 3.05) is 12.5 Å². The Hall–Kier alpha value is -3.81. The topological polar surface area (TPSA) is 59.9 Å². The Balaban J connectivity index is 1.70. The molecule has 0 spiro atoms. The fraction of sp³-hybridized carbons (Fsp3) is 0.0909. The number of benzene rings is 3. The van der Waals surface area contributed by atoms with Gasteiger partial charge in [-0.3, -0.25) is 5.43 Å². The average Bonchev–Trinajstić information content (AvgIpc) is 2.75. The highest BCUT2D eigenvalue weighted by molar-refractivity contribution is 5.91. The number of hydrazone groups is 1. The van der Waals surface area contributed by atoms with Crippen LogP contribution in [0.3, 0.4) is 0 Å². The summed E-state index contributed by atoms with van der Waals surface area (Å²) in [4.78, 5) is 12.2. The smallest absolute Gasteiger partial charge is 0.416 e. The van der Waals surface area contributed by atoms with Gasteiger partial charge in [-0.1, -0.05) is 24.3 Å². The van der Waals surface area contributed by atoms with Crippen LogP contribution in [0.1, 0.15) is 21.5 Å². The number of nitrogens with zero attached hydrogens (tertiary/aromatic N) is 1. The third-order valence-electron chi connectivity index (χ3n) is 4.00. The van der Waals surface area contributed by atoms with Gasteiger partial charge >= 0.3 is 12.1 Å². The summed E-state index contributed by atoms with van der Waals surface area (Å²) in [5.74, 6) is 0.0122. The van der Waals surface area contributed by atoms with Gasteiger partial charge in [0.15, 0.2) is 11.5 Å². The maximum Gasteiger partial charge on any atom is 0.416 e. The molecule has 1 N–H and O–H groups in total. The predicted octanol–water partition coefficient (Wildman–Crippen LogP) is 5.38. The van der Waals surface area contributed by atoms with E-state index in [0.29, 0.717) is 16.9 Å². The molecule has 3 rings (SSSR count). The molecule has 5 nitrogen and oxygen atoms in total. The molecule has 0 aliphatic carbocycles. The second-order valence-corrected chi connectivity index (χ2v) is 6.11. The predicted molar refractivity (Wildman–Crippen MR) is 107 cm³/mol. The minimum Gasteiger partial charge on any atom is -0.493 e. The zero-order valence-electron chi connectivity index (χ0n) is 15.8. The Morgan fingerprint density at radius 3 is 2.43 bits per heavy atom. The van der Waals surface area contributed by atoms with Crippen molar-refractivity contribution in [3.05, 3.63) is 89.5 Å². The average molecular weight is 414 g/mol. The van der Waals surface area contributed by atoms with Crippen molar-refractivity contribution >= 4 is 17.9 Å². The van der Waals surface area contributed by atoms with Gasteiger partial charge in [0, 0.05) is 0 Å². The number of carbonyl (C=O) groups excluding carboxylic acids is 1. The van der Waals surface area contributed by atoms with Crippen LogP contribution >= 0.6 is 0 Å². The summed E-state index contributed by atoms with van der Waals surface area (Å²) in [5, 5.41) is 3.94. The lowest BCUT2D eigenvalue weighted by atomic mass is 10.2. The highest BCUT2D eigenvalue weighted by atomic mass is 19.4. The van der Waals surface area contributed by atoms with Gasteiger partial charge in [-0.15, -0.1) is 0 Å². The van der Waals surface area contributed by atoms with E-state index in [0.717, 1.165) is 12.1 Å². The molecule has 0 fully saturated rings. The first-order valence-electron chi connectivity index (χ1n) is 8.78. The van der Waals surface area contributed by atoms with E-state index in [9.17, 15) is 18.0 Å². The van der Waals surface area contributed by atoms with Crippen molar-refractivity contribution in [3.8, 4) is 11.5 Å². The van der Waals surface area contributed by atoms with Crippen LogP contribution in [0.15, 0.2) is 77.9 Å². The van der Waals surface area contributed by atoms with Crippen LogP contribution in [-0.2, 0) is 6.18 Å². The van der Waals surface area contributed by atoms with E-state index < -0.39 is 17.7 Å². The Labute approximate surface area is 170 Å². The van der Waals surface area contributed by atoms with E-state index in [1.807, 2.05) is 0 Å². The maximum atomic E-state index is 12.8. The zero-order chi connectivity index (χ0) is 21.6. The molecule has 8 heteroatoms. The summed E-state index contributed by atoms with van der Waals surface area (Å²) >= 11 is 0. The lowest BCUT2D eigenvalue weighted by molar-refractivity contribution is -0.137. The van der Waals surface area contributed by atoms with Gasteiger partial charge in [0.2, 0.25) is 0 Å². The number of hydrogen-bond acceptors (Lipinski definition) is 5. The molecule has 3 aromatic carbocycles. The van der Waals surface area contributed by atoms with E-state index in [-0.39, 0.29) is 11.4 Å². The highest BCUT2D eigenvalue weighted by Crippen LogP contribution is 2.31. The lowest BCUT2D eigenvalue weighted by Gasteiger charge is -2.10. The van der Waals surface area contributed by atoms with Crippen LogP contribution < -0.4 is 14.9 Å². The summed E-state index contributed by atoms with van der Waals surface area (Å²) in [5.41, 5.74) is 2.97. The molecule has 30 heavy (non-hydrogen) atoms. The van der Waals surface area contributed by atoms with E-state index in [4.69, 9.17) is 9.47 Å². The molecule has 0 saturated carbocycles. The summed E-state index contributed by atoms with van der Waals surface area (Å²) in [6.45, 7) is 0. The summed E-state index contributed by atoms with van der Waals surface area (Å²) < 4.78 is 48.9. The van der Waals surface area contributed by atoms with Gasteiger partial charge in [-0.25, -0.2) is 4.79 Å². The molecule has 0 saturated heterocycles. The van der Waals surface area contributed by atoms with Gasteiger partial charge in [0.05, 0.1) is 30.1 Å². The molecule has 0 radical (unpaired) electrons. The lowest BCUT2D eigenvalue weighted by Crippen LogP contribution is -2.09. The molecule has 0 aliphatic rings. The molecular weight excluding hydrogens is 397 g/mol. The molecule has 0 atom stereocenters. The third kappa shape index (κ3) is 5.38. The van der Waals surface area contributed by atoms with Crippen LogP contribution in [0.2, 0.25) is 0 Å². The number of methoxy groups -OCH3 is 1. The van der Waals surface area contributed by atoms with Gasteiger partial charge < -0.3 is 9.47 Å². The first-order valence-corrected chi connectivity index (χ1v) is 8.78. The number of anilines is 1. The number of esters is 1. The quantitative estimate of drug-likeness (QED) is 0.255. The zero-order valence-corrected chi connectivity index (χ0v) is 15.8. The van der Waals surface area contributed by atoms with Crippen molar-refractivity contribution in [1.29, 1.82) is 0 Å². The van der Waals surface area contributed by atoms with E-state index in [1.165, 1.54) is 25.5 Å². The molecule has 154 valence electrons. The van der Waals surface area contributed by atoms with Gasteiger partial charge in [-0.2, -0.15) is 18.3 Å². The normalized spacial score (nSPS) is 11.3. The molecule has 0 aromatic heterocycles. The number of carbonyl (C=O) groups is 1. The van der Waals surface area contributed by atoms with Crippen molar-refractivity contribution in [2.24, 2.45) is 5.10 Å². The highest BCUT2D eigenvalue weighted by Gasteiger charge is 2.30. The summed E-state index contributed by atoms with van der Waals surface area (Å²) in [6.07, 6.45) is -3.02. The summed E-state index contributed by atoms with van der Waals surface area (Å²) in [6, 6.07) is 18.0. The number of halogens is 3. The first-order chi connectivity index (χ1) is 14.4. The van der Waals surface area contributed by atoms with E-state index in [2.05, 4.69) is 10.5 Å². The molecule has 0 heterocycles. The standard InChI is InChI=1S/C22H17F3N2O3/c1-29-20-12-15(10-11-19(20)30-21(28)16-6-3-2-4-7-16)14-26-27-18-9-5-8-17(13-18)22(23,24)25/h2-14,27H,1H3. The second-order valence-electron chi connectivity index (χ2n) is 6.11. The fourth-order valence-electron chi connectivity index (χ4n) is 2.53. The molecule has 3 aromatic rings. The monoisotopic (exact) mass is 414 g/mol. The van der Waals surface area contributed by atoms with Crippen LogP contribution in [0.25, 0.3) is 0 Å². The largest absolute Gasteiger partial charge is 0.493 e. The van der Waals surface area contributed by atoms with Crippen molar-refractivity contribution in [1.82, 2.24) is 0 Å². The van der Waals surface area contributed by atoms with Crippen molar-refractivity contribution < 1.29 is 27.4 Å². The molecular formula is C22H17F3N2O3. The molecule has 0 amide bonds. The SMILES string of the molecule is COc1cc(C=NNc2cccc(C(F)(F)F)c2)ccc1OC(=O)c1ccccc1. The second kappa shape index (κ2) is 9.13. The van der Waals surface area contributed by atoms with Crippen molar-refractivity contribution in [2.45, 2.75) is 6.18 Å². The molecule has 0 aliphatic heterocycles. The van der Waals surface area contributed by atoms with Gasteiger partial charge in [-0.05, 0) is 54.1 Å². The minimum atomic E-state index is -4.43. The van der Waals surface area contributed by atoms with Crippen LogP contribution in [-0.4, -0.2) is 19.3 Å². The Bertz CT molecular complexity index is 1050. The van der Waals surface area contributed by atoms with E-state index >= 15 is 0 Å². The van der Waals surface area contributed by atoms with Gasteiger partial charge in [0.1, 0.15) is 0 Å². The summed E-state index contributed by atoms with van der Waals surface area (Å²) in [7, 11) is 1.43. The fourth-order valence-corrected chi connectivity index (χ4v) is 2.53. The maximum absolute atomic E-state index is 12.8. The number of alkyl halides is 3. The van der Waals surface area contributed by atoms with E-state index in [1.54, 1.807) is 48.5 Å². The minimum absolute atomic E-state index is 0.196. The number of ether oxygens (including phenoxy) is 2. The Kier molecular flexibility index (Phi) is 6.36. The molecule has 0 unspecified atom stereocenters. The van der Waals surface area contributed by atoms with Crippen LogP contribution in [0.4, 0.5) is 18.9 Å². The number of hydrogen-bond donors (Lipinski definition) is 1. The first kappa shape index (κ1) is 20.9. The van der Waals surface area contributed by atoms with Gasteiger partial charge in [0.25, 0.3) is 0 Å². The number of nitrogens with one attached hydrogen (secondary N) is 1. The number of rotatable bonds is 6. The Morgan fingerprint density at radius 1 is 0.967 bits per heavy atom. The third-order valence-corrected chi connectivity index (χ3v) is 4.00. The van der Waals surface area contributed by atoms with Crippen LogP contribution in [0, 0.1) is 0 Å².